The van der Waals surface area contributed by atoms with Crippen molar-refractivity contribution in [3.05, 3.63) is 100 Å². The average Bonchev–Trinajstić information content (AvgIpc) is 3.42. The van der Waals surface area contributed by atoms with Gasteiger partial charge in [0.2, 0.25) is 5.95 Å². The Hall–Kier alpha value is -3.95. The lowest BCUT2D eigenvalue weighted by Gasteiger charge is -2.09. The van der Waals surface area contributed by atoms with Gasteiger partial charge in [0.15, 0.2) is 0 Å². The highest BCUT2D eigenvalue weighted by atomic mass is 35.5. The number of nitrogens with one attached hydrogen (secondary N) is 2. The van der Waals surface area contributed by atoms with Gasteiger partial charge in [-0.2, -0.15) is 0 Å². The molecule has 0 aliphatic rings. The van der Waals surface area contributed by atoms with Gasteiger partial charge in [-0.25, -0.2) is 15.0 Å². The third kappa shape index (κ3) is 6.43. The Bertz CT molecular complexity index is 1570. The van der Waals surface area contributed by atoms with Crippen LogP contribution in [0.2, 0.25) is 10.0 Å². The number of halogens is 2. The van der Waals surface area contributed by atoms with E-state index >= 15 is 0 Å². The normalized spacial score (nSPS) is 11.0. The van der Waals surface area contributed by atoms with E-state index in [0.717, 1.165) is 11.1 Å². The minimum absolute atomic E-state index is 0.0695. The Morgan fingerprint density at radius 3 is 2.42 bits per heavy atom. The van der Waals surface area contributed by atoms with Gasteiger partial charge in [-0.05, 0) is 47.9 Å². The summed E-state index contributed by atoms with van der Waals surface area (Å²) in [4.78, 5) is 17.2. The van der Waals surface area contributed by atoms with Crippen LogP contribution in [-0.2, 0) is 13.2 Å². The molecule has 0 unspecified atom stereocenters. The van der Waals surface area contributed by atoms with Crippen LogP contribution in [0.1, 0.15) is 17.5 Å². The third-order valence-corrected chi connectivity index (χ3v) is 6.71. The standard InChI is InChI=1S/C30H27Cl2N5O3/c31-23-14-20(17-39)15-24(32)26(23)29-36-27(28(37-29)25-10-12-34-30(35-25)33-11-5-13-38)21-8-4-9-22(16-21)40-18-19-6-2-1-3-7-19/h1-4,6-10,12,14-16,38-39H,5,11,13,17-18H2,(H,36,37)(H,33,34,35). The monoisotopic (exact) mass is 575 g/mol. The molecule has 4 N–H and O–H groups in total. The number of aromatic amines is 1. The maximum Gasteiger partial charge on any atom is 0.223 e. The largest absolute Gasteiger partial charge is 0.489 e. The summed E-state index contributed by atoms with van der Waals surface area (Å²) in [5.74, 6) is 1.57. The highest BCUT2D eigenvalue weighted by Crippen LogP contribution is 2.39. The van der Waals surface area contributed by atoms with Crippen molar-refractivity contribution < 1.29 is 14.9 Å². The molecule has 2 heterocycles. The van der Waals surface area contributed by atoms with Crippen LogP contribution < -0.4 is 10.1 Å². The summed E-state index contributed by atoms with van der Waals surface area (Å²) in [6, 6.07) is 22.7. The van der Waals surface area contributed by atoms with Crippen molar-refractivity contribution in [2.75, 3.05) is 18.5 Å². The lowest BCUT2D eigenvalue weighted by molar-refractivity contribution is 0.282. The number of aliphatic hydroxyl groups is 2. The van der Waals surface area contributed by atoms with E-state index in [1.54, 1.807) is 24.4 Å². The molecule has 0 saturated heterocycles. The molecule has 3 aromatic carbocycles. The highest BCUT2D eigenvalue weighted by molar-refractivity contribution is 6.39. The summed E-state index contributed by atoms with van der Waals surface area (Å²) in [5, 5.41) is 22.5. The fourth-order valence-corrected chi connectivity index (χ4v) is 4.88. The summed E-state index contributed by atoms with van der Waals surface area (Å²) < 4.78 is 6.07. The molecule has 204 valence electrons. The van der Waals surface area contributed by atoms with Crippen molar-refractivity contribution in [1.29, 1.82) is 0 Å². The number of aromatic nitrogens is 4. The summed E-state index contributed by atoms with van der Waals surface area (Å²) >= 11 is 13.2. The van der Waals surface area contributed by atoms with Gasteiger partial charge in [-0.15, -0.1) is 0 Å². The Morgan fingerprint density at radius 2 is 1.68 bits per heavy atom. The lowest BCUT2D eigenvalue weighted by atomic mass is 10.1. The molecule has 0 amide bonds. The van der Waals surface area contributed by atoms with Gasteiger partial charge in [0, 0.05) is 24.9 Å². The van der Waals surface area contributed by atoms with Gasteiger partial charge in [-0.3, -0.25) is 0 Å². The van der Waals surface area contributed by atoms with Gasteiger partial charge in [-0.1, -0.05) is 65.7 Å². The molecule has 40 heavy (non-hydrogen) atoms. The zero-order valence-electron chi connectivity index (χ0n) is 21.4. The Morgan fingerprint density at radius 1 is 0.875 bits per heavy atom. The van der Waals surface area contributed by atoms with Gasteiger partial charge in [0.1, 0.15) is 18.2 Å². The summed E-state index contributed by atoms with van der Waals surface area (Å²) in [7, 11) is 0. The van der Waals surface area contributed by atoms with Crippen LogP contribution >= 0.6 is 23.2 Å². The second kappa shape index (κ2) is 12.9. The smallest absolute Gasteiger partial charge is 0.223 e. The zero-order valence-corrected chi connectivity index (χ0v) is 23.0. The molecule has 0 spiro atoms. The van der Waals surface area contributed by atoms with Crippen molar-refractivity contribution >= 4 is 29.2 Å². The number of H-pyrrole nitrogens is 1. The van der Waals surface area contributed by atoms with E-state index in [4.69, 9.17) is 38.0 Å². The van der Waals surface area contributed by atoms with Gasteiger partial charge in [0.25, 0.3) is 0 Å². The van der Waals surface area contributed by atoms with Crippen LogP contribution in [0.15, 0.2) is 79.0 Å². The molecular weight excluding hydrogens is 549 g/mol. The first-order valence-electron chi connectivity index (χ1n) is 12.7. The molecule has 0 atom stereocenters. The van der Waals surface area contributed by atoms with Crippen LogP contribution in [0.4, 0.5) is 5.95 Å². The number of benzene rings is 3. The Labute approximate surface area is 241 Å². The summed E-state index contributed by atoms with van der Waals surface area (Å²) in [6.07, 6.45) is 2.23. The molecule has 10 heteroatoms. The zero-order chi connectivity index (χ0) is 27.9. The van der Waals surface area contributed by atoms with Crippen LogP contribution in [-0.4, -0.2) is 43.3 Å². The van der Waals surface area contributed by atoms with Crippen molar-refractivity contribution in [1.82, 2.24) is 19.9 Å². The Balaban J connectivity index is 1.56. The number of rotatable bonds is 11. The molecule has 0 aliphatic heterocycles. The Kier molecular flexibility index (Phi) is 8.93. The number of anilines is 1. The molecule has 0 bridgehead atoms. The third-order valence-electron chi connectivity index (χ3n) is 6.11. The fourth-order valence-electron chi connectivity index (χ4n) is 4.17. The maximum atomic E-state index is 9.55. The fraction of sp³-hybridized carbons (Fsp3) is 0.167. The van der Waals surface area contributed by atoms with Crippen molar-refractivity contribution in [2.45, 2.75) is 19.6 Å². The quantitative estimate of drug-likeness (QED) is 0.135. The van der Waals surface area contributed by atoms with Gasteiger partial charge in [0.05, 0.1) is 39.3 Å². The van der Waals surface area contributed by atoms with E-state index in [9.17, 15) is 5.11 Å². The molecular formula is C30H27Cl2N5O3. The first-order valence-corrected chi connectivity index (χ1v) is 13.5. The highest BCUT2D eigenvalue weighted by Gasteiger charge is 2.21. The van der Waals surface area contributed by atoms with E-state index in [-0.39, 0.29) is 13.2 Å². The second-order valence-electron chi connectivity index (χ2n) is 8.97. The van der Waals surface area contributed by atoms with Gasteiger partial charge >= 0.3 is 0 Å². The molecule has 2 aromatic heterocycles. The van der Waals surface area contributed by atoms with Crippen molar-refractivity contribution in [3.8, 4) is 39.8 Å². The lowest BCUT2D eigenvalue weighted by Crippen LogP contribution is -2.07. The number of hydrogen-bond donors (Lipinski definition) is 4. The number of imidazole rings is 1. The van der Waals surface area contributed by atoms with Crippen molar-refractivity contribution in [3.63, 3.8) is 0 Å². The summed E-state index contributed by atoms with van der Waals surface area (Å²) in [5.41, 5.74) is 4.84. The molecule has 5 aromatic rings. The van der Waals surface area contributed by atoms with Crippen LogP contribution in [0.5, 0.6) is 5.75 Å². The minimum atomic E-state index is -0.183. The SMILES string of the molecule is OCCCNc1nccc(-c2[nH]c(-c3c(Cl)cc(CO)cc3Cl)nc2-c2cccc(OCc3ccccc3)c2)n1. The first-order chi connectivity index (χ1) is 19.6. The number of ether oxygens (including phenoxy) is 1. The van der Waals surface area contributed by atoms with Crippen LogP contribution in [0.3, 0.4) is 0 Å². The topological polar surface area (TPSA) is 116 Å². The predicted molar refractivity (Wildman–Crippen MR) is 157 cm³/mol. The van der Waals surface area contributed by atoms with Gasteiger partial charge < -0.3 is 25.3 Å². The number of nitrogens with zero attached hydrogens (tertiary/aromatic N) is 3. The number of aliphatic hydroxyl groups excluding tert-OH is 2. The minimum Gasteiger partial charge on any atom is -0.489 e. The second-order valence-corrected chi connectivity index (χ2v) is 9.79. The van der Waals surface area contributed by atoms with Crippen LogP contribution in [0.25, 0.3) is 34.0 Å². The molecule has 0 saturated carbocycles. The first kappa shape index (κ1) is 27.6. The average molecular weight is 576 g/mol. The number of hydrogen-bond acceptors (Lipinski definition) is 7. The maximum absolute atomic E-state index is 9.55. The van der Waals surface area contributed by atoms with E-state index in [0.29, 0.717) is 75.3 Å². The predicted octanol–water partition coefficient (Wildman–Crippen LogP) is 6.37. The van der Waals surface area contributed by atoms with E-state index in [2.05, 4.69) is 20.3 Å². The van der Waals surface area contributed by atoms with E-state index in [1.807, 2.05) is 54.6 Å². The van der Waals surface area contributed by atoms with E-state index < -0.39 is 0 Å². The van der Waals surface area contributed by atoms with Crippen LogP contribution in [0, 0.1) is 0 Å². The molecule has 5 rings (SSSR count). The molecule has 0 fully saturated rings. The van der Waals surface area contributed by atoms with E-state index in [1.165, 1.54) is 0 Å². The summed E-state index contributed by atoms with van der Waals surface area (Å²) in [6.45, 7) is 0.849. The van der Waals surface area contributed by atoms with Crippen molar-refractivity contribution in [2.24, 2.45) is 0 Å². The molecule has 0 radical (unpaired) electrons. The molecule has 8 nitrogen and oxygen atoms in total. The molecule has 0 aliphatic carbocycles.